The van der Waals surface area contributed by atoms with Gasteiger partial charge in [-0.2, -0.15) is 0 Å². The van der Waals surface area contributed by atoms with Crippen LogP contribution >= 0.6 is 11.6 Å². The molecule has 1 aliphatic rings. The molecular weight excluding hydrogens is 286 g/mol. The molecule has 1 aromatic rings. The summed E-state index contributed by atoms with van der Waals surface area (Å²) < 4.78 is 5.30. The molecule has 0 aliphatic carbocycles. The van der Waals surface area contributed by atoms with Gasteiger partial charge in [0, 0.05) is 23.4 Å². The second-order valence-electron chi connectivity index (χ2n) is 5.96. The molecule has 0 amide bonds. The molecule has 1 heterocycles. The molecule has 1 saturated heterocycles. The second kappa shape index (κ2) is 7.81. The van der Waals surface area contributed by atoms with Gasteiger partial charge >= 0.3 is 0 Å². The van der Waals surface area contributed by atoms with Crippen LogP contribution in [0.25, 0.3) is 0 Å². The normalized spacial score (nSPS) is 20.0. The van der Waals surface area contributed by atoms with Crippen molar-refractivity contribution in [2.75, 3.05) is 20.2 Å². The highest BCUT2D eigenvalue weighted by Gasteiger charge is 2.22. The Kier molecular flexibility index (Phi) is 6.07. The maximum Gasteiger partial charge on any atom is 0.137 e. The third-order valence-corrected chi connectivity index (χ3v) is 4.55. The molecule has 0 radical (unpaired) electrons. The van der Waals surface area contributed by atoms with Gasteiger partial charge in [0.05, 0.1) is 7.11 Å². The summed E-state index contributed by atoms with van der Waals surface area (Å²) in [5.41, 5.74) is 0.879. The van der Waals surface area contributed by atoms with Crippen molar-refractivity contribution in [1.29, 1.82) is 0 Å². The van der Waals surface area contributed by atoms with Gasteiger partial charge in [-0.25, -0.2) is 0 Å². The minimum Gasteiger partial charge on any atom is -0.496 e. The average Bonchev–Trinajstić information content (AvgIpc) is 2.48. The van der Waals surface area contributed by atoms with Gasteiger partial charge in [0.15, 0.2) is 0 Å². The largest absolute Gasteiger partial charge is 0.496 e. The fourth-order valence-electron chi connectivity index (χ4n) is 3.06. The number of rotatable bonds is 6. The lowest BCUT2D eigenvalue weighted by Gasteiger charge is -2.28. The predicted octanol–water partition coefficient (Wildman–Crippen LogP) is 3.49. The molecule has 3 nitrogen and oxygen atoms in total. The highest BCUT2D eigenvalue weighted by Crippen LogP contribution is 2.26. The summed E-state index contributed by atoms with van der Waals surface area (Å²) in [6, 6.07) is 5.43. The fourth-order valence-corrected chi connectivity index (χ4v) is 3.25. The van der Waals surface area contributed by atoms with Crippen molar-refractivity contribution in [1.82, 2.24) is 5.32 Å². The van der Waals surface area contributed by atoms with E-state index in [4.69, 9.17) is 16.3 Å². The zero-order chi connectivity index (χ0) is 15.2. The lowest BCUT2D eigenvalue weighted by molar-refractivity contribution is -0.119. The summed E-state index contributed by atoms with van der Waals surface area (Å²) in [7, 11) is 1.62. The molecule has 0 saturated carbocycles. The molecular formula is C17H24ClNO2. The molecule has 1 aliphatic heterocycles. The first-order chi connectivity index (χ1) is 10.1. The van der Waals surface area contributed by atoms with E-state index in [2.05, 4.69) is 12.2 Å². The van der Waals surface area contributed by atoms with Crippen LogP contribution in [0.15, 0.2) is 18.2 Å². The van der Waals surface area contributed by atoms with Gasteiger partial charge in [0.25, 0.3) is 0 Å². The zero-order valence-electron chi connectivity index (χ0n) is 12.8. The van der Waals surface area contributed by atoms with E-state index in [1.807, 2.05) is 12.1 Å². The number of ketones is 1. The number of carbonyl (C=O) groups excluding carboxylic acids is 1. The van der Waals surface area contributed by atoms with Gasteiger partial charge < -0.3 is 10.1 Å². The Labute approximate surface area is 132 Å². The summed E-state index contributed by atoms with van der Waals surface area (Å²) >= 11 is 6.01. The van der Waals surface area contributed by atoms with Gasteiger partial charge in [-0.15, -0.1) is 0 Å². The lowest BCUT2D eigenvalue weighted by atomic mass is 9.83. The molecule has 116 valence electrons. The Balaban J connectivity index is 1.93. The Morgan fingerprint density at radius 2 is 2.33 bits per heavy atom. The Morgan fingerprint density at radius 3 is 3.00 bits per heavy atom. The van der Waals surface area contributed by atoms with Crippen molar-refractivity contribution in [2.45, 2.75) is 32.6 Å². The number of halogens is 1. The van der Waals surface area contributed by atoms with Crippen molar-refractivity contribution < 1.29 is 9.53 Å². The van der Waals surface area contributed by atoms with E-state index in [1.54, 1.807) is 13.2 Å². The van der Waals surface area contributed by atoms with Crippen LogP contribution in [-0.2, 0) is 11.2 Å². The van der Waals surface area contributed by atoms with E-state index in [-0.39, 0.29) is 5.78 Å². The monoisotopic (exact) mass is 309 g/mol. The van der Waals surface area contributed by atoms with Crippen molar-refractivity contribution in [3.8, 4) is 5.75 Å². The molecule has 1 N–H and O–H groups in total. The standard InChI is InChI=1S/C17H24ClNO2/c1-12(13-4-3-7-19-11-13)8-16(20)10-14-9-15(18)5-6-17(14)21-2/h5-6,9,12-13,19H,3-4,7-8,10-11H2,1-2H3. The van der Waals surface area contributed by atoms with Crippen molar-refractivity contribution >= 4 is 17.4 Å². The molecule has 1 aromatic carbocycles. The quantitative estimate of drug-likeness (QED) is 0.874. The van der Waals surface area contributed by atoms with E-state index < -0.39 is 0 Å². The molecule has 0 spiro atoms. The van der Waals surface area contributed by atoms with Gasteiger partial charge in [-0.3, -0.25) is 4.79 Å². The number of benzene rings is 1. The number of nitrogens with one attached hydrogen (secondary N) is 1. The zero-order valence-corrected chi connectivity index (χ0v) is 13.6. The van der Waals surface area contributed by atoms with Gasteiger partial charge in [-0.1, -0.05) is 18.5 Å². The number of Topliss-reactive ketones (excluding diaryl/α,β-unsaturated/α-hetero) is 1. The summed E-state index contributed by atoms with van der Waals surface area (Å²) in [6.07, 6.45) is 3.46. The van der Waals surface area contributed by atoms with Crippen LogP contribution in [0, 0.1) is 11.8 Å². The summed E-state index contributed by atoms with van der Waals surface area (Å²) in [4.78, 5) is 12.3. The predicted molar refractivity (Wildman–Crippen MR) is 86.1 cm³/mol. The van der Waals surface area contributed by atoms with Crippen molar-refractivity contribution in [3.05, 3.63) is 28.8 Å². The maximum atomic E-state index is 12.3. The smallest absolute Gasteiger partial charge is 0.137 e. The van der Waals surface area contributed by atoms with Crippen molar-refractivity contribution in [3.63, 3.8) is 0 Å². The highest BCUT2D eigenvalue weighted by atomic mass is 35.5. The van der Waals surface area contributed by atoms with E-state index >= 15 is 0 Å². The van der Waals surface area contributed by atoms with Crippen LogP contribution in [-0.4, -0.2) is 26.0 Å². The molecule has 2 unspecified atom stereocenters. The molecule has 2 atom stereocenters. The SMILES string of the molecule is COc1ccc(Cl)cc1CC(=O)CC(C)C1CCCNC1. The van der Waals surface area contributed by atoms with Crippen molar-refractivity contribution in [2.24, 2.45) is 11.8 Å². The molecule has 1 fully saturated rings. The number of piperidine rings is 1. The Hall–Kier alpha value is -1.06. The van der Waals surface area contributed by atoms with Crippen LogP contribution in [0.4, 0.5) is 0 Å². The number of carbonyl (C=O) groups is 1. The van der Waals surface area contributed by atoms with E-state index in [0.29, 0.717) is 29.7 Å². The summed E-state index contributed by atoms with van der Waals surface area (Å²) in [5, 5.41) is 4.06. The minimum absolute atomic E-state index is 0.258. The van der Waals surface area contributed by atoms with Crippen LogP contribution in [0.3, 0.4) is 0 Å². The number of ether oxygens (including phenoxy) is 1. The Morgan fingerprint density at radius 1 is 1.52 bits per heavy atom. The van der Waals surface area contributed by atoms with Gasteiger partial charge in [0.1, 0.15) is 11.5 Å². The molecule has 4 heteroatoms. The molecule has 21 heavy (non-hydrogen) atoms. The first-order valence-corrected chi connectivity index (χ1v) is 8.02. The third-order valence-electron chi connectivity index (χ3n) is 4.32. The molecule has 0 bridgehead atoms. The third kappa shape index (κ3) is 4.72. The fraction of sp³-hybridized carbons (Fsp3) is 0.588. The van der Waals surface area contributed by atoms with Crippen LogP contribution in [0.1, 0.15) is 31.7 Å². The lowest BCUT2D eigenvalue weighted by Crippen LogP contribution is -2.34. The molecule has 0 aromatic heterocycles. The summed E-state index contributed by atoms with van der Waals surface area (Å²) in [5.74, 6) is 2.04. The maximum absolute atomic E-state index is 12.3. The first kappa shape index (κ1) is 16.3. The second-order valence-corrected chi connectivity index (χ2v) is 6.40. The number of hydrogen-bond donors (Lipinski definition) is 1. The first-order valence-electron chi connectivity index (χ1n) is 7.65. The average molecular weight is 310 g/mol. The highest BCUT2D eigenvalue weighted by molar-refractivity contribution is 6.30. The van der Waals surface area contributed by atoms with Crippen LogP contribution < -0.4 is 10.1 Å². The topological polar surface area (TPSA) is 38.3 Å². The van der Waals surface area contributed by atoms with Crippen LogP contribution in [0.5, 0.6) is 5.75 Å². The minimum atomic E-state index is 0.258. The number of methoxy groups -OCH3 is 1. The number of hydrogen-bond acceptors (Lipinski definition) is 3. The van der Waals surface area contributed by atoms with E-state index in [0.717, 1.165) is 24.4 Å². The van der Waals surface area contributed by atoms with Gasteiger partial charge in [0.2, 0.25) is 0 Å². The van der Waals surface area contributed by atoms with Crippen LogP contribution in [0.2, 0.25) is 5.02 Å². The summed E-state index contributed by atoms with van der Waals surface area (Å²) in [6.45, 7) is 4.33. The van der Waals surface area contributed by atoms with E-state index in [1.165, 1.54) is 12.8 Å². The van der Waals surface area contributed by atoms with Gasteiger partial charge in [-0.05, 0) is 56.0 Å². The molecule has 2 rings (SSSR count). The van der Waals surface area contributed by atoms with E-state index in [9.17, 15) is 4.79 Å². The Bertz CT molecular complexity index is 484.